The van der Waals surface area contributed by atoms with Gasteiger partial charge in [-0.05, 0) is 6.92 Å². The minimum Gasteiger partial charge on any atom is -0.435 e. The van der Waals surface area contributed by atoms with Gasteiger partial charge in [-0.3, -0.25) is 0 Å². The molecular weight excluding hydrogens is 256 g/mol. The van der Waals surface area contributed by atoms with Crippen molar-refractivity contribution < 1.29 is 14.3 Å². The predicted molar refractivity (Wildman–Crippen MR) is 78.4 cm³/mol. The second-order valence-electron chi connectivity index (χ2n) is 5.11. The van der Waals surface area contributed by atoms with E-state index < -0.39 is 20.3 Å². The summed E-state index contributed by atoms with van der Waals surface area (Å²) in [6, 6.07) is 9.49. The lowest BCUT2D eigenvalue weighted by atomic mass is 10.1. The number of carbonyl (C=O) groups is 1. The highest BCUT2D eigenvalue weighted by Gasteiger charge is 2.16. The number of hydrogen-bond donors (Lipinski definition) is 0. The largest absolute Gasteiger partial charge is 0.509 e. The Hall–Kier alpha value is -1.73. The third-order valence-electron chi connectivity index (χ3n) is 2.16. The van der Waals surface area contributed by atoms with Crippen molar-refractivity contribution in [1.82, 2.24) is 0 Å². The summed E-state index contributed by atoms with van der Waals surface area (Å²) in [7, 11) is -1.52. The fourth-order valence-corrected chi connectivity index (χ4v) is 1.90. The molecule has 3 nitrogen and oxygen atoms in total. The smallest absolute Gasteiger partial charge is 0.435 e. The summed E-state index contributed by atoms with van der Waals surface area (Å²) >= 11 is 0. The van der Waals surface area contributed by atoms with E-state index in [4.69, 9.17) is 9.47 Å². The first-order valence-corrected chi connectivity index (χ1v) is 9.83. The fourth-order valence-electron chi connectivity index (χ4n) is 1.34. The van der Waals surface area contributed by atoms with E-state index in [9.17, 15) is 4.79 Å². The Bertz CT molecular complexity index is 466. The third-order valence-corrected chi connectivity index (χ3v) is 3.05. The average Bonchev–Trinajstić information content (AvgIpc) is 2.35. The molecule has 0 saturated heterocycles. The van der Waals surface area contributed by atoms with E-state index in [2.05, 4.69) is 31.1 Å². The molecule has 4 heteroatoms. The Morgan fingerprint density at radius 1 is 1.26 bits per heavy atom. The molecule has 0 saturated carbocycles. The molecule has 0 N–H and O–H groups in total. The van der Waals surface area contributed by atoms with Gasteiger partial charge in [-0.25, -0.2) is 4.79 Å². The molecule has 0 fully saturated rings. The molecule has 1 unspecified atom stereocenters. The van der Waals surface area contributed by atoms with Crippen molar-refractivity contribution in [3.05, 3.63) is 35.9 Å². The molecule has 0 radical (unpaired) electrons. The van der Waals surface area contributed by atoms with Gasteiger partial charge in [0.05, 0.1) is 6.61 Å². The van der Waals surface area contributed by atoms with E-state index in [-0.39, 0.29) is 0 Å². The molecule has 1 rings (SSSR count). The maximum atomic E-state index is 11.5. The van der Waals surface area contributed by atoms with Crippen LogP contribution in [0.15, 0.2) is 30.3 Å². The summed E-state index contributed by atoms with van der Waals surface area (Å²) < 4.78 is 10.1. The first-order chi connectivity index (χ1) is 8.92. The molecule has 0 aliphatic rings. The summed E-state index contributed by atoms with van der Waals surface area (Å²) in [5, 5.41) is 0. The van der Waals surface area contributed by atoms with Crippen molar-refractivity contribution in [2.75, 3.05) is 6.61 Å². The van der Waals surface area contributed by atoms with E-state index in [0.717, 1.165) is 5.56 Å². The van der Waals surface area contributed by atoms with Crippen molar-refractivity contribution in [1.29, 1.82) is 0 Å². The second-order valence-corrected chi connectivity index (χ2v) is 9.86. The number of carbonyl (C=O) groups excluding carboxylic acids is 1. The zero-order chi connectivity index (χ0) is 14.3. The van der Waals surface area contributed by atoms with E-state index in [1.807, 2.05) is 30.3 Å². The molecule has 19 heavy (non-hydrogen) atoms. The highest BCUT2D eigenvalue weighted by atomic mass is 28.3. The Balaban J connectivity index is 2.91. The van der Waals surface area contributed by atoms with Crippen molar-refractivity contribution in [3.8, 4) is 11.5 Å². The molecule has 0 heterocycles. The lowest BCUT2D eigenvalue weighted by Gasteiger charge is -2.13. The SMILES string of the molecule is CCOC(=O)OC(C#C[Si](C)(C)C)c1ccccc1. The van der Waals surface area contributed by atoms with Gasteiger partial charge in [-0.2, -0.15) is 0 Å². The Morgan fingerprint density at radius 3 is 2.42 bits per heavy atom. The number of rotatable bonds is 3. The third kappa shape index (κ3) is 6.12. The van der Waals surface area contributed by atoms with Crippen LogP contribution in [-0.4, -0.2) is 20.8 Å². The van der Waals surface area contributed by atoms with Gasteiger partial charge in [-0.1, -0.05) is 55.9 Å². The Morgan fingerprint density at radius 2 is 1.89 bits per heavy atom. The molecule has 0 aliphatic carbocycles. The zero-order valence-corrected chi connectivity index (χ0v) is 12.9. The standard InChI is InChI=1S/C15H20O3Si/c1-5-17-15(16)18-14(11-12-19(2,3)4)13-9-7-6-8-10-13/h6-10,14H,5H2,1-4H3. The minimum atomic E-state index is -1.52. The molecule has 0 bridgehead atoms. The molecule has 1 aromatic carbocycles. The summed E-state index contributed by atoms with van der Waals surface area (Å²) in [6.45, 7) is 8.47. The summed E-state index contributed by atoms with van der Waals surface area (Å²) in [6.07, 6.45) is -1.24. The topological polar surface area (TPSA) is 35.5 Å². The van der Waals surface area contributed by atoms with Gasteiger partial charge in [0.15, 0.2) is 6.10 Å². The quantitative estimate of drug-likeness (QED) is 0.479. The van der Waals surface area contributed by atoms with Crippen LogP contribution in [0.3, 0.4) is 0 Å². The van der Waals surface area contributed by atoms with Gasteiger partial charge >= 0.3 is 6.16 Å². The molecule has 0 amide bonds. The predicted octanol–water partition coefficient (Wildman–Crippen LogP) is 3.78. The fraction of sp³-hybridized carbons (Fsp3) is 0.400. The summed E-state index contributed by atoms with van der Waals surface area (Å²) in [5.41, 5.74) is 4.09. The summed E-state index contributed by atoms with van der Waals surface area (Å²) in [5.74, 6) is 3.05. The first kappa shape index (κ1) is 15.3. The van der Waals surface area contributed by atoms with E-state index >= 15 is 0 Å². The van der Waals surface area contributed by atoms with Crippen LogP contribution in [0.4, 0.5) is 4.79 Å². The molecule has 0 spiro atoms. The lowest BCUT2D eigenvalue weighted by Crippen LogP contribution is -2.18. The average molecular weight is 276 g/mol. The number of benzene rings is 1. The van der Waals surface area contributed by atoms with Gasteiger partial charge in [-0.15, -0.1) is 5.54 Å². The highest BCUT2D eigenvalue weighted by molar-refractivity contribution is 6.83. The van der Waals surface area contributed by atoms with E-state index in [0.29, 0.717) is 6.61 Å². The van der Waals surface area contributed by atoms with Crippen LogP contribution in [0.25, 0.3) is 0 Å². The van der Waals surface area contributed by atoms with Crippen LogP contribution in [-0.2, 0) is 9.47 Å². The van der Waals surface area contributed by atoms with Crippen molar-refractivity contribution in [2.45, 2.75) is 32.7 Å². The molecule has 102 valence electrons. The molecular formula is C15H20O3Si. The van der Waals surface area contributed by atoms with Gasteiger partial charge in [0.25, 0.3) is 0 Å². The van der Waals surface area contributed by atoms with E-state index in [1.54, 1.807) is 6.92 Å². The lowest BCUT2D eigenvalue weighted by molar-refractivity contribution is 0.0427. The van der Waals surface area contributed by atoms with Crippen LogP contribution in [0.5, 0.6) is 0 Å². The molecule has 0 aliphatic heterocycles. The maximum Gasteiger partial charge on any atom is 0.509 e. The summed E-state index contributed by atoms with van der Waals surface area (Å²) in [4.78, 5) is 11.5. The van der Waals surface area contributed by atoms with Crippen LogP contribution >= 0.6 is 0 Å². The first-order valence-electron chi connectivity index (χ1n) is 6.33. The van der Waals surface area contributed by atoms with Crippen LogP contribution in [0.2, 0.25) is 19.6 Å². The van der Waals surface area contributed by atoms with Crippen molar-refractivity contribution >= 4 is 14.2 Å². The van der Waals surface area contributed by atoms with Crippen LogP contribution in [0, 0.1) is 11.5 Å². The van der Waals surface area contributed by atoms with Crippen LogP contribution in [0.1, 0.15) is 18.6 Å². The van der Waals surface area contributed by atoms with Crippen LogP contribution < -0.4 is 0 Å². The molecule has 1 atom stereocenters. The van der Waals surface area contributed by atoms with Gasteiger partial charge in [0, 0.05) is 5.56 Å². The Kier molecular flexibility index (Phi) is 5.65. The van der Waals surface area contributed by atoms with E-state index in [1.165, 1.54) is 0 Å². The number of ether oxygens (including phenoxy) is 2. The van der Waals surface area contributed by atoms with Gasteiger partial charge in [0.2, 0.25) is 0 Å². The Labute approximate surface area is 115 Å². The maximum absolute atomic E-state index is 11.5. The number of hydrogen-bond acceptors (Lipinski definition) is 3. The molecule has 1 aromatic rings. The normalized spacial score (nSPS) is 12.0. The second kappa shape index (κ2) is 7.00. The minimum absolute atomic E-state index is 0.293. The highest BCUT2D eigenvalue weighted by Crippen LogP contribution is 2.17. The van der Waals surface area contributed by atoms with Crippen molar-refractivity contribution in [3.63, 3.8) is 0 Å². The molecule has 0 aromatic heterocycles. The zero-order valence-electron chi connectivity index (χ0n) is 11.9. The van der Waals surface area contributed by atoms with Gasteiger partial charge in [0.1, 0.15) is 8.07 Å². The van der Waals surface area contributed by atoms with Crippen molar-refractivity contribution in [2.24, 2.45) is 0 Å². The van der Waals surface area contributed by atoms with Gasteiger partial charge < -0.3 is 9.47 Å². The monoisotopic (exact) mass is 276 g/mol.